The highest BCUT2D eigenvalue weighted by atomic mass is 16.5. The normalized spacial score (nSPS) is 27.4. The summed E-state index contributed by atoms with van der Waals surface area (Å²) in [4.78, 5) is 11.3. The molecular weight excluding hydrogens is 178 g/mol. The lowest BCUT2D eigenvalue weighted by Crippen LogP contribution is -2.07. The lowest BCUT2D eigenvalue weighted by Gasteiger charge is -1.97. The fourth-order valence-electron chi connectivity index (χ4n) is 1.91. The maximum absolute atomic E-state index is 11.3. The van der Waals surface area contributed by atoms with Crippen molar-refractivity contribution in [3.8, 4) is 6.26 Å². The maximum atomic E-state index is 11.3. The number of hydrogen-bond donors (Lipinski definition) is 0. The Balaban J connectivity index is 0.00000196. The first-order valence-electron chi connectivity index (χ1n) is 4.66. The van der Waals surface area contributed by atoms with E-state index in [-0.39, 0.29) is 18.7 Å². The third-order valence-electron chi connectivity index (χ3n) is 2.82. The van der Waals surface area contributed by atoms with E-state index in [1.54, 1.807) is 0 Å². The highest BCUT2D eigenvalue weighted by Crippen LogP contribution is 2.59. The highest BCUT2D eigenvalue weighted by Gasteiger charge is 2.61. The number of hydrogen-bond acceptors (Lipinski definition) is 3. The van der Waals surface area contributed by atoms with Gasteiger partial charge in [-0.3, -0.25) is 4.79 Å². The van der Waals surface area contributed by atoms with Crippen LogP contribution in [0.4, 0.5) is 0 Å². The molecule has 0 aliphatic heterocycles. The van der Waals surface area contributed by atoms with Gasteiger partial charge in [-0.25, -0.2) is 0 Å². The van der Waals surface area contributed by atoms with E-state index in [2.05, 4.69) is 10.8 Å². The molecule has 3 nitrogen and oxygen atoms in total. The fourth-order valence-corrected chi connectivity index (χ4v) is 1.91. The first-order chi connectivity index (χ1) is 6.41. The van der Waals surface area contributed by atoms with Gasteiger partial charge in [0.25, 0.3) is 6.26 Å². The molecule has 1 fully saturated rings. The molecule has 0 heterocycles. The van der Waals surface area contributed by atoms with Gasteiger partial charge in [-0.05, 0) is 25.2 Å². The standard InChI is InChI=1S/C11H15NO2/c1-7(2)5-8-9(11(8,3)4)10(13)14-6-12/h5,8-9H,1-4H3/p+1. The number of rotatable bonds is 2. The van der Waals surface area contributed by atoms with Gasteiger partial charge < -0.3 is 4.74 Å². The van der Waals surface area contributed by atoms with Crippen LogP contribution in [-0.4, -0.2) is 5.97 Å². The molecule has 0 aromatic carbocycles. The van der Waals surface area contributed by atoms with Gasteiger partial charge in [0, 0.05) is 0 Å². The molecule has 2 atom stereocenters. The molecule has 1 aliphatic rings. The molecule has 0 radical (unpaired) electrons. The van der Waals surface area contributed by atoms with Crippen LogP contribution in [0.1, 0.15) is 29.1 Å². The smallest absolute Gasteiger partial charge is 0.351 e. The van der Waals surface area contributed by atoms with Crippen LogP contribution in [0.3, 0.4) is 0 Å². The third-order valence-corrected chi connectivity index (χ3v) is 2.82. The molecule has 3 heteroatoms. The largest absolute Gasteiger partial charge is 1.00 e. The van der Waals surface area contributed by atoms with Gasteiger partial charge in [-0.1, -0.05) is 25.5 Å². The minimum Gasteiger partial charge on any atom is -0.351 e. The first kappa shape index (κ1) is 10.8. The third kappa shape index (κ3) is 1.79. The summed E-state index contributed by atoms with van der Waals surface area (Å²) < 4.78 is 4.35. The molecule has 1 aliphatic carbocycles. The van der Waals surface area contributed by atoms with Gasteiger partial charge in [0.15, 0.2) is 0 Å². The highest BCUT2D eigenvalue weighted by molar-refractivity contribution is 5.79. The number of ether oxygens (including phenoxy) is 1. The van der Waals surface area contributed by atoms with E-state index in [0.717, 1.165) is 0 Å². The second kappa shape index (κ2) is 3.45. The van der Waals surface area contributed by atoms with Crippen LogP contribution in [0.2, 0.25) is 0 Å². The van der Waals surface area contributed by atoms with Gasteiger partial charge in [-0.2, -0.15) is 0 Å². The Morgan fingerprint density at radius 1 is 1.57 bits per heavy atom. The maximum Gasteiger partial charge on any atom is 1.00 e. The molecule has 0 spiro atoms. The summed E-state index contributed by atoms with van der Waals surface area (Å²) in [6.07, 6.45) is 3.50. The van der Waals surface area contributed by atoms with Crippen LogP contribution >= 0.6 is 0 Å². The van der Waals surface area contributed by atoms with Gasteiger partial charge in [0.2, 0.25) is 0 Å². The predicted octanol–water partition coefficient (Wildman–Crippen LogP) is 2.36. The first-order valence-corrected chi connectivity index (χ1v) is 4.66. The van der Waals surface area contributed by atoms with Crippen molar-refractivity contribution in [3.05, 3.63) is 11.6 Å². The number of carbonyl (C=O) groups excluding carboxylic acids is 1. The van der Waals surface area contributed by atoms with Crippen molar-refractivity contribution in [2.24, 2.45) is 17.3 Å². The van der Waals surface area contributed by atoms with E-state index in [9.17, 15) is 4.79 Å². The zero-order chi connectivity index (χ0) is 10.9. The second-order valence-electron chi connectivity index (χ2n) is 4.58. The average Bonchev–Trinajstić information content (AvgIpc) is 2.52. The van der Waals surface area contributed by atoms with E-state index < -0.39 is 5.97 Å². The van der Waals surface area contributed by atoms with Crippen molar-refractivity contribution < 1.29 is 11.0 Å². The number of nitrogens with zero attached hydrogens (tertiary/aromatic N) is 1. The fraction of sp³-hybridized carbons (Fsp3) is 0.636. The Bertz CT molecular complexity index is 324. The van der Waals surface area contributed by atoms with E-state index in [1.807, 2.05) is 27.7 Å². The summed E-state index contributed by atoms with van der Waals surface area (Å²) in [5.41, 5.74) is 1.13. The van der Waals surface area contributed by atoms with Gasteiger partial charge >= 0.3 is 7.40 Å². The molecule has 1 saturated carbocycles. The summed E-state index contributed by atoms with van der Waals surface area (Å²) in [6, 6.07) is 0. The summed E-state index contributed by atoms with van der Waals surface area (Å²) in [5.74, 6) is -0.342. The Morgan fingerprint density at radius 3 is 2.57 bits per heavy atom. The molecule has 1 rings (SSSR count). The molecule has 14 heavy (non-hydrogen) atoms. The van der Waals surface area contributed by atoms with Crippen molar-refractivity contribution in [2.75, 3.05) is 0 Å². The quantitative estimate of drug-likeness (QED) is 0.385. The second-order valence-corrected chi connectivity index (χ2v) is 4.58. The molecule has 0 bridgehead atoms. The summed E-state index contributed by atoms with van der Waals surface area (Å²) in [7, 11) is 0. The molecule has 0 aromatic rings. The van der Waals surface area contributed by atoms with Crippen LogP contribution in [0.25, 0.3) is 0 Å². The zero-order valence-corrected chi connectivity index (χ0v) is 9.00. The zero-order valence-electron chi connectivity index (χ0n) is 10.00. The molecule has 0 saturated heterocycles. The van der Waals surface area contributed by atoms with Crippen molar-refractivity contribution in [1.82, 2.24) is 0 Å². The summed E-state index contributed by atoms with van der Waals surface area (Å²) in [6.45, 7) is 8.03. The summed E-state index contributed by atoms with van der Waals surface area (Å²) in [5, 5.41) is 8.24. The topological polar surface area (TPSA) is 50.1 Å². The Morgan fingerprint density at radius 2 is 2.14 bits per heavy atom. The molecule has 0 amide bonds. The SMILES string of the molecule is CC(C)=CC1C(C(=O)OC#N)C1(C)C.[H+]. The van der Waals surface area contributed by atoms with Crippen LogP contribution in [0.5, 0.6) is 0 Å². The minimum atomic E-state index is -0.403. The van der Waals surface area contributed by atoms with E-state index >= 15 is 0 Å². The average molecular weight is 194 g/mol. The molecule has 2 unspecified atom stereocenters. The monoisotopic (exact) mass is 194 g/mol. The van der Waals surface area contributed by atoms with E-state index in [0.29, 0.717) is 0 Å². The predicted molar refractivity (Wildman–Crippen MR) is 53.0 cm³/mol. The van der Waals surface area contributed by atoms with Crippen LogP contribution < -0.4 is 0 Å². The summed E-state index contributed by atoms with van der Waals surface area (Å²) >= 11 is 0. The lowest BCUT2D eigenvalue weighted by atomic mass is 10.1. The van der Waals surface area contributed by atoms with Crippen molar-refractivity contribution in [3.63, 3.8) is 0 Å². The van der Waals surface area contributed by atoms with Gasteiger partial charge in [0.05, 0.1) is 5.92 Å². The number of esters is 1. The molecule has 76 valence electrons. The number of nitriles is 1. The van der Waals surface area contributed by atoms with Crippen LogP contribution in [0.15, 0.2) is 11.6 Å². The van der Waals surface area contributed by atoms with Gasteiger partial charge in [0.1, 0.15) is 0 Å². The van der Waals surface area contributed by atoms with Crippen molar-refractivity contribution >= 4 is 5.97 Å². The molecular formula is C11H16NO2+. The van der Waals surface area contributed by atoms with Crippen LogP contribution in [-0.2, 0) is 9.53 Å². The van der Waals surface area contributed by atoms with Crippen molar-refractivity contribution in [1.29, 1.82) is 5.26 Å². The molecule has 0 aromatic heterocycles. The molecule has 0 N–H and O–H groups in total. The Labute approximate surface area is 85.8 Å². The van der Waals surface area contributed by atoms with Crippen molar-refractivity contribution in [2.45, 2.75) is 27.7 Å². The number of carbonyl (C=O) groups is 1. The van der Waals surface area contributed by atoms with E-state index in [1.165, 1.54) is 11.8 Å². The number of allylic oxidation sites excluding steroid dienone is 2. The Hall–Kier alpha value is -1.30. The van der Waals surface area contributed by atoms with E-state index in [4.69, 9.17) is 5.26 Å². The Kier molecular flexibility index (Phi) is 2.66. The lowest BCUT2D eigenvalue weighted by molar-refractivity contribution is -0.139. The van der Waals surface area contributed by atoms with Crippen LogP contribution in [0, 0.1) is 28.8 Å². The minimum absolute atomic E-state index is 0. The van der Waals surface area contributed by atoms with Gasteiger partial charge in [-0.15, -0.1) is 5.26 Å².